The number of phenolic OH excluding ortho intramolecular Hbond substituents is 1. The zero-order valence-corrected chi connectivity index (χ0v) is 25.1. The van der Waals surface area contributed by atoms with Gasteiger partial charge in [-0.1, -0.05) is 66.7 Å². The molecule has 10 heteroatoms. The molecule has 0 atom stereocenters. The minimum atomic E-state index is -0.482. The summed E-state index contributed by atoms with van der Waals surface area (Å²) in [5.41, 5.74) is 3.39. The normalized spacial score (nSPS) is 15.9. The summed E-state index contributed by atoms with van der Waals surface area (Å²) in [6, 6.07) is 25.0. The fraction of sp³-hybridized carbons (Fsp3) is 0.222. The SMILES string of the molecule is O=C1COc2cccc3c2C(=O)c2c(cccc2C3=O)OCC(=O)NCCN(Cc2cc(Cc3ccccc3)ccc2O)CCN1. The lowest BCUT2D eigenvalue weighted by atomic mass is 9.83. The van der Waals surface area contributed by atoms with Crippen LogP contribution in [0.4, 0.5) is 0 Å². The van der Waals surface area contributed by atoms with E-state index < -0.39 is 17.6 Å². The molecule has 4 aromatic rings. The van der Waals surface area contributed by atoms with Crippen molar-refractivity contribution in [3.05, 3.63) is 124 Å². The van der Waals surface area contributed by atoms with Gasteiger partial charge in [-0.25, -0.2) is 0 Å². The molecule has 2 amide bonds. The monoisotopic (exact) mass is 619 g/mol. The van der Waals surface area contributed by atoms with E-state index in [9.17, 15) is 24.3 Å². The maximum absolute atomic E-state index is 13.7. The Morgan fingerprint density at radius 2 is 1.24 bits per heavy atom. The van der Waals surface area contributed by atoms with Crippen LogP contribution in [-0.2, 0) is 22.6 Å². The van der Waals surface area contributed by atoms with Gasteiger partial charge in [0.25, 0.3) is 11.8 Å². The Kier molecular flexibility index (Phi) is 9.07. The van der Waals surface area contributed by atoms with Gasteiger partial charge in [0, 0.05) is 49.4 Å². The molecule has 4 aromatic carbocycles. The standard InChI is InChI=1S/C36H33N3O7/c40-28-13-12-24(18-23-6-2-1-3-7-23)19-25(28)20-39-16-14-37-31(41)21-45-29-10-4-8-26-33(29)36(44)34-27(35(26)43)9-5-11-30(34)46-22-32(42)38-15-17-39/h1-13,19,40H,14-18,20-22H2,(H,37,41)(H,38,42). The molecular formula is C36H33N3O7. The topological polar surface area (TPSA) is 134 Å². The lowest BCUT2D eigenvalue weighted by Crippen LogP contribution is -2.41. The average molecular weight is 620 g/mol. The molecule has 46 heavy (non-hydrogen) atoms. The Bertz CT molecular complexity index is 1720. The number of nitrogens with one attached hydrogen (secondary N) is 2. The molecule has 0 aromatic heterocycles. The Morgan fingerprint density at radius 3 is 1.83 bits per heavy atom. The van der Waals surface area contributed by atoms with Crippen molar-refractivity contribution in [2.24, 2.45) is 0 Å². The van der Waals surface area contributed by atoms with Crippen molar-refractivity contribution < 1.29 is 33.8 Å². The maximum Gasteiger partial charge on any atom is 0.257 e. The molecular weight excluding hydrogens is 586 g/mol. The molecule has 0 fully saturated rings. The average Bonchev–Trinajstić information content (AvgIpc) is 3.06. The van der Waals surface area contributed by atoms with Crippen molar-refractivity contribution in [1.29, 1.82) is 0 Å². The first-order valence-corrected chi connectivity index (χ1v) is 15.1. The number of ketones is 2. The fourth-order valence-electron chi connectivity index (χ4n) is 5.73. The second kappa shape index (κ2) is 13.7. The molecule has 3 N–H and O–H groups in total. The predicted molar refractivity (Wildman–Crippen MR) is 169 cm³/mol. The molecule has 1 heterocycles. The number of rotatable bonds is 4. The molecule has 0 spiro atoms. The number of hydrogen-bond acceptors (Lipinski definition) is 8. The van der Waals surface area contributed by atoms with Gasteiger partial charge in [0.1, 0.15) is 17.2 Å². The van der Waals surface area contributed by atoms with Gasteiger partial charge >= 0.3 is 0 Å². The van der Waals surface area contributed by atoms with Crippen molar-refractivity contribution in [2.75, 3.05) is 39.4 Å². The highest BCUT2D eigenvalue weighted by Gasteiger charge is 2.35. The highest BCUT2D eigenvalue weighted by atomic mass is 16.5. The molecule has 10 nitrogen and oxygen atoms in total. The van der Waals surface area contributed by atoms with E-state index >= 15 is 0 Å². The number of amides is 2. The zero-order chi connectivity index (χ0) is 32.0. The molecule has 0 unspecified atom stereocenters. The largest absolute Gasteiger partial charge is 0.508 e. The second-order valence-electron chi connectivity index (χ2n) is 11.2. The summed E-state index contributed by atoms with van der Waals surface area (Å²) in [5.74, 6) is -1.28. The van der Waals surface area contributed by atoms with Gasteiger partial charge in [-0.3, -0.25) is 24.1 Å². The summed E-state index contributed by atoms with van der Waals surface area (Å²) in [5, 5.41) is 16.3. The Labute approximate surface area is 265 Å². The van der Waals surface area contributed by atoms with Crippen LogP contribution >= 0.6 is 0 Å². The van der Waals surface area contributed by atoms with E-state index in [0.717, 1.165) is 23.1 Å². The highest BCUT2D eigenvalue weighted by Crippen LogP contribution is 2.37. The number of aromatic hydroxyl groups is 1. The minimum absolute atomic E-state index is 0.0508. The van der Waals surface area contributed by atoms with Crippen LogP contribution in [-0.4, -0.2) is 72.8 Å². The summed E-state index contributed by atoms with van der Waals surface area (Å²) in [6.07, 6.45) is 0.717. The molecule has 2 bridgehead atoms. The van der Waals surface area contributed by atoms with Crippen molar-refractivity contribution >= 4 is 23.4 Å². The molecule has 0 saturated heterocycles. The number of nitrogens with zero attached hydrogens (tertiary/aromatic N) is 1. The van der Waals surface area contributed by atoms with Gasteiger partial charge in [-0.05, 0) is 35.7 Å². The molecule has 1 aliphatic heterocycles. The molecule has 0 radical (unpaired) electrons. The summed E-state index contributed by atoms with van der Waals surface area (Å²) < 4.78 is 11.5. The van der Waals surface area contributed by atoms with Crippen molar-refractivity contribution in [3.63, 3.8) is 0 Å². The Balaban J connectivity index is 1.21. The van der Waals surface area contributed by atoms with Crippen LogP contribution < -0.4 is 20.1 Å². The van der Waals surface area contributed by atoms with E-state index in [-0.39, 0.29) is 71.6 Å². The van der Waals surface area contributed by atoms with E-state index in [1.165, 1.54) is 12.1 Å². The summed E-state index contributed by atoms with van der Waals surface area (Å²) >= 11 is 0. The van der Waals surface area contributed by atoms with Crippen molar-refractivity contribution in [2.45, 2.75) is 13.0 Å². The van der Waals surface area contributed by atoms with Crippen LogP contribution in [0.25, 0.3) is 0 Å². The van der Waals surface area contributed by atoms with E-state index in [0.29, 0.717) is 19.6 Å². The van der Waals surface area contributed by atoms with E-state index in [1.54, 1.807) is 30.3 Å². The van der Waals surface area contributed by atoms with Crippen LogP contribution in [0.15, 0.2) is 84.9 Å². The van der Waals surface area contributed by atoms with E-state index in [4.69, 9.17) is 9.47 Å². The lowest BCUT2D eigenvalue weighted by molar-refractivity contribution is -0.123. The van der Waals surface area contributed by atoms with Gasteiger partial charge in [0.05, 0.1) is 11.1 Å². The van der Waals surface area contributed by atoms with Gasteiger partial charge in [-0.15, -0.1) is 0 Å². The molecule has 2 aliphatic rings. The van der Waals surface area contributed by atoms with Gasteiger partial charge in [-0.2, -0.15) is 0 Å². The molecule has 6 rings (SSSR count). The second-order valence-corrected chi connectivity index (χ2v) is 11.2. The Hall–Kier alpha value is -5.48. The third-order valence-corrected chi connectivity index (χ3v) is 8.00. The summed E-state index contributed by atoms with van der Waals surface area (Å²) in [6.45, 7) is 1.04. The first kappa shape index (κ1) is 30.5. The number of phenols is 1. The van der Waals surface area contributed by atoms with Crippen LogP contribution in [0.2, 0.25) is 0 Å². The lowest BCUT2D eigenvalue weighted by Gasteiger charge is -2.24. The number of benzene rings is 4. The van der Waals surface area contributed by atoms with Gasteiger partial charge in [0.15, 0.2) is 19.0 Å². The van der Waals surface area contributed by atoms with Crippen molar-refractivity contribution in [3.8, 4) is 17.2 Å². The van der Waals surface area contributed by atoms with E-state index in [2.05, 4.69) is 22.8 Å². The molecule has 1 aliphatic carbocycles. The number of carbonyl (C=O) groups excluding carboxylic acids is 4. The fourth-order valence-corrected chi connectivity index (χ4v) is 5.73. The summed E-state index contributed by atoms with van der Waals surface area (Å²) in [4.78, 5) is 54.6. The van der Waals surface area contributed by atoms with Gasteiger partial charge in [0.2, 0.25) is 5.78 Å². The third-order valence-electron chi connectivity index (χ3n) is 8.00. The highest BCUT2D eigenvalue weighted by molar-refractivity contribution is 6.30. The van der Waals surface area contributed by atoms with Crippen LogP contribution in [0, 0.1) is 0 Å². The molecule has 0 saturated carbocycles. The smallest absolute Gasteiger partial charge is 0.257 e. The first-order chi connectivity index (χ1) is 22.4. The Morgan fingerprint density at radius 1 is 0.652 bits per heavy atom. The molecule has 234 valence electrons. The first-order valence-electron chi connectivity index (χ1n) is 15.1. The quantitative estimate of drug-likeness (QED) is 0.279. The zero-order valence-electron chi connectivity index (χ0n) is 25.1. The third kappa shape index (κ3) is 6.77. The van der Waals surface area contributed by atoms with E-state index in [1.807, 2.05) is 35.2 Å². The predicted octanol–water partition coefficient (Wildman–Crippen LogP) is 3.26. The van der Waals surface area contributed by atoms with Gasteiger partial charge < -0.3 is 25.2 Å². The van der Waals surface area contributed by atoms with Crippen molar-refractivity contribution in [1.82, 2.24) is 15.5 Å². The number of carbonyl (C=O) groups is 4. The van der Waals surface area contributed by atoms with Crippen LogP contribution in [0.3, 0.4) is 0 Å². The van der Waals surface area contributed by atoms with Crippen LogP contribution in [0.1, 0.15) is 48.5 Å². The van der Waals surface area contributed by atoms with Crippen LogP contribution in [0.5, 0.6) is 17.2 Å². The number of ether oxygens (including phenoxy) is 2. The minimum Gasteiger partial charge on any atom is -0.508 e. The number of hydrogen-bond donors (Lipinski definition) is 3. The maximum atomic E-state index is 13.7. The summed E-state index contributed by atoms with van der Waals surface area (Å²) in [7, 11) is 0.